The summed E-state index contributed by atoms with van der Waals surface area (Å²) in [6.07, 6.45) is 0.268. The van der Waals surface area contributed by atoms with Crippen molar-refractivity contribution in [3.05, 3.63) is 41.7 Å². The first kappa shape index (κ1) is 20.8. The van der Waals surface area contributed by atoms with E-state index in [1.165, 1.54) is 24.3 Å². The normalized spacial score (nSPS) is 11.8. The summed E-state index contributed by atoms with van der Waals surface area (Å²) in [5, 5.41) is 5.25. The monoisotopic (exact) mass is 397 g/mol. The average Bonchev–Trinajstić information content (AvgIpc) is 2.60. The first-order chi connectivity index (χ1) is 13.2. The van der Waals surface area contributed by atoms with Crippen LogP contribution in [0, 0.1) is 5.82 Å². The Labute approximate surface area is 158 Å². The summed E-state index contributed by atoms with van der Waals surface area (Å²) in [6.45, 7) is -1.36. The fourth-order valence-corrected chi connectivity index (χ4v) is 2.30. The number of carbonyl (C=O) groups is 2. The van der Waals surface area contributed by atoms with Crippen molar-refractivity contribution in [2.75, 3.05) is 10.6 Å². The van der Waals surface area contributed by atoms with Gasteiger partial charge >= 0.3 is 6.61 Å². The van der Waals surface area contributed by atoms with Crippen LogP contribution < -0.4 is 26.8 Å². The van der Waals surface area contributed by atoms with E-state index in [1.54, 1.807) is 6.92 Å². The maximum atomic E-state index is 14.3. The van der Waals surface area contributed by atoms with Crippen molar-refractivity contribution in [3.63, 3.8) is 0 Å². The quantitative estimate of drug-likeness (QED) is 0.513. The largest absolute Gasteiger partial charge is 0.435 e. The number of rotatable bonds is 9. The van der Waals surface area contributed by atoms with Crippen molar-refractivity contribution in [2.24, 2.45) is 11.5 Å². The van der Waals surface area contributed by atoms with E-state index >= 15 is 0 Å². The van der Waals surface area contributed by atoms with Crippen LogP contribution in [-0.4, -0.2) is 29.5 Å². The molecule has 0 aliphatic heterocycles. The highest BCUT2D eigenvalue weighted by Gasteiger charge is 2.20. The fourth-order valence-electron chi connectivity index (χ4n) is 2.30. The number of nitrogens with two attached hydrogens (primary N) is 2. The number of ether oxygens (including phenoxy) is 1. The number of pyridine rings is 1. The van der Waals surface area contributed by atoms with Crippen molar-refractivity contribution in [2.45, 2.75) is 26.0 Å². The molecule has 28 heavy (non-hydrogen) atoms. The standard InChI is InChI=1S/C17H18F3N5O3/c1-2-12(14(22)27)24-16-11(18)7-10(13(21)26)15(25-16)23-8-4-3-5-9(6-8)28-17(19)20/h3-7,12,17H,2H2,1H3,(H2,21,26)(H2,22,27)(H2,23,24,25). The Hall–Kier alpha value is -3.50. The Morgan fingerprint density at radius 2 is 1.93 bits per heavy atom. The van der Waals surface area contributed by atoms with Gasteiger partial charge in [0.2, 0.25) is 5.91 Å². The molecule has 1 heterocycles. The van der Waals surface area contributed by atoms with E-state index in [0.717, 1.165) is 6.07 Å². The minimum Gasteiger partial charge on any atom is -0.435 e. The molecular formula is C17H18F3N5O3. The highest BCUT2D eigenvalue weighted by atomic mass is 19.3. The van der Waals surface area contributed by atoms with Gasteiger partial charge in [-0.1, -0.05) is 13.0 Å². The van der Waals surface area contributed by atoms with Crippen LogP contribution in [-0.2, 0) is 4.79 Å². The van der Waals surface area contributed by atoms with Gasteiger partial charge in [0.25, 0.3) is 5.91 Å². The smallest absolute Gasteiger partial charge is 0.387 e. The van der Waals surface area contributed by atoms with Crippen LogP contribution in [0.2, 0.25) is 0 Å². The molecule has 1 unspecified atom stereocenters. The number of primary amides is 2. The van der Waals surface area contributed by atoms with Gasteiger partial charge in [-0.05, 0) is 24.6 Å². The van der Waals surface area contributed by atoms with E-state index in [0.29, 0.717) is 0 Å². The van der Waals surface area contributed by atoms with Crippen LogP contribution in [0.1, 0.15) is 23.7 Å². The number of aromatic nitrogens is 1. The SMILES string of the molecule is CCC(Nc1nc(Nc2cccc(OC(F)F)c2)c(C(N)=O)cc1F)C(N)=O. The molecule has 0 saturated heterocycles. The van der Waals surface area contributed by atoms with Crippen LogP contribution in [0.3, 0.4) is 0 Å². The zero-order valence-corrected chi connectivity index (χ0v) is 14.7. The summed E-state index contributed by atoms with van der Waals surface area (Å²) in [5.74, 6) is -3.23. The summed E-state index contributed by atoms with van der Waals surface area (Å²) >= 11 is 0. The third kappa shape index (κ3) is 5.25. The molecule has 1 atom stereocenters. The lowest BCUT2D eigenvalue weighted by molar-refractivity contribution is -0.118. The predicted octanol–water partition coefficient (Wildman–Crippen LogP) is 2.34. The summed E-state index contributed by atoms with van der Waals surface area (Å²) < 4.78 is 43.3. The minimum atomic E-state index is -3.02. The number of benzene rings is 1. The maximum Gasteiger partial charge on any atom is 0.387 e. The number of anilines is 3. The Bertz CT molecular complexity index is 879. The van der Waals surface area contributed by atoms with E-state index < -0.39 is 30.3 Å². The molecule has 11 heteroatoms. The lowest BCUT2D eigenvalue weighted by Gasteiger charge is -2.17. The number of hydrogen-bond acceptors (Lipinski definition) is 6. The van der Waals surface area contributed by atoms with Crippen molar-refractivity contribution >= 4 is 29.1 Å². The second-order valence-electron chi connectivity index (χ2n) is 5.62. The van der Waals surface area contributed by atoms with Crippen molar-refractivity contribution in [3.8, 4) is 5.75 Å². The highest BCUT2D eigenvalue weighted by molar-refractivity contribution is 5.98. The molecule has 0 radical (unpaired) electrons. The third-order valence-electron chi connectivity index (χ3n) is 3.63. The molecule has 8 nitrogen and oxygen atoms in total. The lowest BCUT2D eigenvalue weighted by Crippen LogP contribution is -2.35. The molecule has 0 aliphatic rings. The van der Waals surface area contributed by atoms with Crippen molar-refractivity contribution in [1.29, 1.82) is 0 Å². The number of nitrogens with zero attached hydrogens (tertiary/aromatic N) is 1. The summed E-state index contributed by atoms with van der Waals surface area (Å²) in [5.41, 5.74) is 10.4. The topological polar surface area (TPSA) is 132 Å². The molecule has 0 aliphatic carbocycles. The maximum absolute atomic E-state index is 14.3. The second-order valence-corrected chi connectivity index (χ2v) is 5.62. The summed E-state index contributed by atoms with van der Waals surface area (Å²) in [7, 11) is 0. The third-order valence-corrected chi connectivity index (χ3v) is 3.63. The van der Waals surface area contributed by atoms with E-state index in [2.05, 4.69) is 20.4 Å². The number of halogens is 3. The van der Waals surface area contributed by atoms with Gasteiger partial charge in [-0.15, -0.1) is 0 Å². The molecule has 2 rings (SSSR count). The molecule has 0 fully saturated rings. The second kappa shape index (κ2) is 8.93. The van der Waals surface area contributed by atoms with Crippen LogP contribution in [0.5, 0.6) is 5.75 Å². The number of amides is 2. The van der Waals surface area contributed by atoms with Gasteiger partial charge in [0.15, 0.2) is 11.6 Å². The number of nitrogens with one attached hydrogen (secondary N) is 2. The van der Waals surface area contributed by atoms with E-state index in [9.17, 15) is 22.8 Å². The molecule has 0 spiro atoms. The Balaban J connectivity index is 2.40. The van der Waals surface area contributed by atoms with Gasteiger partial charge in [0, 0.05) is 11.8 Å². The number of alkyl halides is 2. The van der Waals surface area contributed by atoms with Gasteiger partial charge in [-0.3, -0.25) is 9.59 Å². The minimum absolute atomic E-state index is 0.138. The molecule has 2 aromatic rings. The zero-order chi connectivity index (χ0) is 20.8. The van der Waals surface area contributed by atoms with Gasteiger partial charge < -0.3 is 26.8 Å². The molecule has 0 saturated carbocycles. The summed E-state index contributed by atoms with van der Waals surface area (Å²) in [6, 6.07) is 5.39. The molecule has 2 amide bonds. The fraction of sp³-hybridized carbons (Fsp3) is 0.235. The molecular weight excluding hydrogens is 379 g/mol. The molecule has 150 valence electrons. The van der Waals surface area contributed by atoms with Gasteiger partial charge in [0.05, 0.1) is 5.56 Å². The zero-order valence-electron chi connectivity index (χ0n) is 14.7. The average molecular weight is 397 g/mol. The molecule has 1 aromatic carbocycles. The van der Waals surface area contributed by atoms with Crippen LogP contribution in [0.15, 0.2) is 30.3 Å². The van der Waals surface area contributed by atoms with Crippen molar-refractivity contribution in [1.82, 2.24) is 4.98 Å². The van der Waals surface area contributed by atoms with Gasteiger partial charge in [-0.2, -0.15) is 8.78 Å². The predicted molar refractivity (Wildman–Crippen MR) is 96.0 cm³/mol. The van der Waals surface area contributed by atoms with Gasteiger partial charge in [0.1, 0.15) is 17.6 Å². The Morgan fingerprint density at radius 3 is 2.50 bits per heavy atom. The van der Waals surface area contributed by atoms with Gasteiger partial charge in [-0.25, -0.2) is 9.37 Å². The number of carbonyl (C=O) groups excluding carboxylic acids is 2. The summed E-state index contributed by atoms with van der Waals surface area (Å²) in [4.78, 5) is 27.0. The van der Waals surface area contributed by atoms with Crippen LogP contribution in [0.4, 0.5) is 30.5 Å². The van der Waals surface area contributed by atoms with E-state index in [1.807, 2.05) is 0 Å². The first-order valence-corrected chi connectivity index (χ1v) is 8.09. The van der Waals surface area contributed by atoms with Crippen LogP contribution >= 0.6 is 0 Å². The first-order valence-electron chi connectivity index (χ1n) is 8.09. The molecule has 0 bridgehead atoms. The van der Waals surface area contributed by atoms with E-state index in [4.69, 9.17) is 11.5 Å². The molecule has 6 N–H and O–H groups in total. The Morgan fingerprint density at radius 1 is 1.21 bits per heavy atom. The number of hydrogen-bond donors (Lipinski definition) is 4. The molecule has 1 aromatic heterocycles. The van der Waals surface area contributed by atoms with Crippen LogP contribution in [0.25, 0.3) is 0 Å². The van der Waals surface area contributed by atoms with E-state index in [-0.39, 0.29) is 35.1 Å². The lowest BCUT2D eigenvalue weighted by atomic mass is 10.2. The van der Waals surface area contributed by atoms with Crippen molar-refractivity contribution < 1.29 is 27.5 Å². The Kier molecular flexibility index (Phi) is 6.64. The highest BCUT2D eigenvalue weighted by Crippen LogP contribution is 2.26.